The van der Waals surface area contributed by atoms with Crippen LogP contribution in [0.4, 0.5) is 10.5 Å². The van der Waals surface area contributed by atoms with Crippen LogP contribution in [0.2, 0.25) is 0 Å². The van der Waals surface area contributed by atoms with E-state index in [1.165, 1.54) is 12.0 Å². The Bertz CT molecular complexity index is 631. The number of carbonyl (C=O) groups excluding carboxylic acids is 4. The quantitative estimate of drug-likeness (QED) is 0.652. The molecule has 2 N–H and O–H groups in total. The number of hydrogen-bond acceptors (Lipinski definition) is 7. The number of anilines is 1. The number of benzene rings is 1. The number of ether oxygens (including phenoxy) is 2. The third-order valence-corrected chi connectivity index (χ3v) is 2.96. The minimum atomic E-state index is -0.566. The number of methoxy groups -OCH3 is 1. The SMILES string of the molecule is CCN(Cc1cc(C(=O)OC)ccc1N)C(=O)OC(C)(C)C.O=C=O. The van der Waals surface area contributed by atoms with Crippen molar-refractivity contribution < 1.29 is 28.7 Å². The van der Waals surface area contributed by atoms with Gasteiger partial charge >= 0.3 is 18.2 Å². The molecule has 8 nitrogen and oxygen atoms in total. The fourth-order valence-electron chi connectivity index (χ4n) is 1.83. The van der Waals surface area contributed by atoms with E-state index in [1.54, 1.807) is 18.2 Å². The van der Waals surface area contributed by atoms with E-state index in [2.05, 4.69) is 0 Å². The lowest BCUT2D eigenvalue weighted by molar-refractivity contribution is -0.191. The van der Waals surface area contributed by atoms with Crippen LogP contribution in [0, 0.1) is 0 Å². The Labute approximate surface area is 146 Å². The lowest BCUT2D eigenvalue weighted by Crippen LogP contribution is -2.36. The van der Waals surface area contributed by atoms with Crippen molar-refractivity contribution in [3.63, 3.8) is 0 Å². The molecule has 1 aromatic carbocycles. The molecule has 0 unspecified atom stereocenters. The molecule has 0 aromatic heterocycles. The molecule has 0 bridgehead atoms. The highest BCUT2D eigenvalue weighted by molar-refractivity contribution is 5.90. The van der Waals surface area contributed by atoms with Gasteiger partial charge in [0.2, 0.25) is 0 Å². The largest absolute Gasteiger partial charge is 0.465 e. The topological polar surface area (TPSA) is 116 Å². The van der Waals surface area contributed by atoms with E-state index in [1.807, 2.05) is 27.7 Å². The molecule has 1 aromatic rings. The molecule has 0 aliphatic carbocycles. The maximum atomic E-state index is 12.2. The number of nitrogens with zero attached hydrogens (tertiary/aromatic N) is 1. The summed E-state index contributed by atoms with van der Waals surface area (Å²) in [7, 11) is 1.32. The maximum Gasteiger partial charge on any atom is 0.410 e. The Morgan fingerprint density at radius 1 is 1.24 bits per heavy atom. The molecule has 0 aliphatic heterocycles. The van der Waals surface area contributed by atoms with Crippen molar-refractivity contribution in [1.82, 2.24) is 4.90 Å². The van der Waals surface area contributed by atoms with Gasteiger partial charge in [-0.3, -0.25) is 0 Å². The normalized spacial score (nSPS) is 9.96. The Morgan fingerprint density at radius 3 is 2.24 bits per heavy atom. The Balaban J connectivity index is 0.00000178. The summed E-state index contributed by atoms with van der Waals surface area (Å²) in [4.78, 5) is 41.5. The van der Waals surface area contributed by atoms with Crippen molar-refractivity contribution in [2.24, 2.45) is 0 Å². The van der Waals surface area contributed by atoms with Gasteiger partial charge in [-0.15, -0.1) is 0 Å². The molecule has 1 rings (SSSR count). The van der Waals surface area contributed by atoms with Crippen molar-refractivity contribution in [2.45, 2.75) is 39.8 Å². The van der Waals surface area contributed by atoms with Crippen LogP contribution in [0.1, 0.15) is 43.6 Å². The van der Waals surface area contributed by atoms with Gasteiger partial charge in [0.1, 0.15) is 5.60 Å². The number of nitrogens with two attached hydrogens (primary N) is 1. The van der Waals surface area contributed by atoms with E-state index in [9.17, 15) is 9.59 Å². The van der Waals surface area contributed by atoms with Crippen LogP contribution in [0.3, 0.4) is 0 Å². The third kappa shape index (κ3) is 7.99. The minimum Gasteiger partial charge on any atom is -0.465 e. The zero-order valence-corrected chi connectivity index (χ0v) is 15.1. The van der Waals surface area contributed by atoms with Gasteiger partial charge in [0.05, 0.1) is 19.2 Å². The van der Waals surface area contributed by atoms with E-state index in [4.69, 9.17) is 24.8 Å². The molecule has 138 valence electrons. The van der Waals surface area contributed by atoms with Crippen LogP contribution >= 0.6 is 0 Å². The van der Waals surface area contributed by atoms with Crippen molar-refractivity contribution in [3.05, 3.63) is 29.3 Å². The first-order valence-corrected chi connectivity index (χ1v) is 7.53. The molecule has 25 heavy (non-hydrogen) atoms. The molecule has 0 heterocycles. The van der Waals surface area contributed by atoms with Crippen molar-refractivity contribution in [2.75, 3.05) is 19.4 Å². The maximum absolute atomic E-state index is 12.2. The van der Waals surface area contributed by atoms with Crippen molar-refractivity contribution in [1.29, 1.82) is 0 Å². The molecule has 0 atom stereocenters. The summed E-state index contributed by atoms with van der Waals surface area (Å²) in [6.07, 6.45) is -0.169. The lowest BCUT2D eigenvalue weighted by Gasteiger charge is -2.27. The van der Waals surface area contributed by atoms with Gasteiger partial charge in [-0.25, -0.2) is 9.59 Å². The fraction of sp³-hybridized carbons (Fsp3) is 0.471. The number of hydrogen-bond donors (Lipinski definition) is 1. The van der Waals surface area contributed by atoms with Crippen LogP contribution in [0.25, 0.3) is 0 Å². The minimum absolute atomic E-state index is 0.250. The second-order valence-corrected chi connectivity index (χ2v) is 5.98. The molecule has 0 saturated carbocycles. The Kier molecular flexibility index (Phi) is 8.94. The molecular formula is C17H24N2O6. The standard InChI is InChI=1S/C16H24N2O4.CO2/c1-6-18(15(20)22-16(2,3)4)10-12-9-11(14(19)21-5)7-8-13(12)17;2-1-3/h7-9H,6,10,17H2,1-5H3;. The summed E-state index contributed by atoms with van der Waals surface area (Å²) >= 11 is 0. The smallest absolute Gasteiger partial charge is 0.410 e. The Morgan fingerprint density at radius 2 is 1.80 bits per heavy atom. The average molecular weight is 352 g/mol. The molecule has 0 aliphatic rings. The Hall–Kier alpha value is -2.86. The molecule has 0 fully saturated rings. The highest BCUT2D eigenvalue weighted by Gasteiger charge is 2.22. The number of esters is 1. The van der Waals surface area contributed by atoms with Crippen molar-refractivity contribution >= 4 is 23.9 Å². The number of rotatable bonds is 4. The van der Waals surface area contributed by atoms with Crippen LogP contribution in [0.5, 0.6) is 0 Å². The van der Waals surface area contributed by atoms with Crippen molar-refractivity contribution in [3.8, 4) is 0 Å². The molecule has 0 saturated heterocycles. The molecule has 0 radical (unpaired) electrons. The van der Waals surface area contributed by atoms with Gasteiger partial charge in [0.15, 0.2) is 0 Å². The zero-order chi connectivity index (χ0) is 19.6. The summed E-state index contributed by atoms with van der Waals surface area (Å²) in [5, 5.41) is 0. The highest BCUT2D eigenvalue weighted by atomic mass is 16.6. The predicted octanol–water partition coefficient (Wildman–Crippen LogP) is 2.23. The number of amides is 1. The van der Waals surface area contributed by atoms with E-state index < -0.39 is 17.7 Å². The van der Waals surface area contributed by atoms with Gasteiger partial charge < -0.3 is 20.1 Å². The third-order valence-electron chi connectivity index (χ3n) is 2.96. The summed E-state index contributed by atoms with van der Waals surface area (Å²) in [5.74, 6) is -0.443. The molecule has 0 spiro atoms. The second-order valence-electron chi connectivity index (χ2n) is 5.98. The van der Waals surface area contributed by atoms with Gasteiger partial charge in [0, 0.05) is 12.2 Å². The number of nitrogen functional groups attached to an aromatic ring is 1. The van der Waals surface area contributed by atoms with E-state index in [-0.39, 0.29) is 12.7 Å². The first-order valence-electron chi connectivity index (χ1n) is 7.53. The van der Waals surface area contributed by atoms with E-state index in [0.717, 1.165) is 0 Å². The lowest BCUT2D eigenvalue weighted by atomic mass is 10.1. The van der Waals surface area contributed by atoms with Gasteiger partial charge in [-0.1, -0.05) is 0 Å². The average Bonchev–Trinajstić information content (AvgIpc) is 2.52. The van der Waals surface area contributed by atoms with Gasteiger partial charge in [-0.2, -0.15) is 9.59 Å². The van der Waals surface area contributed by atoms with E-state index >= 15 is 0 Å². The monoisotopic (exact) mass is 352 g/mol. The fourth-order valence-corrected chi connectivity index (χ4v) is 1.83. The predicted molar refractivity (Wildman–Crippen MR) is 89.5 cm³/mol. The van der Waals surface area contributed by atoms with Crippen LogP contribution < -0.4 is 5.73 Å². The molecule has 8 heteroatoms. The van der Waals surface area contributed by atoms with Crippen LogP contribution in [-0.2, 0) is 25.6 Å². The van der Waals surface area contributed by atoms with Crippen LogP contribution in [-0.4, -0.2) is 42.4 Å². The molecule has 1 amide bonds. The summed E-state index contributed by atoms with van der Waals surface area (Å²) in [6.45, 7) is 8.02. The van der Waals surface area contributed by atoms with Crippen LogP contribution in [0.15, 0.2) is 18.2 Å². The highest BCUT2D eigenvalue weighted by Crippen LogP contribution is 2.19. The summed E-state index contributed by atoms with van der Waals surface area (Å²) < 4.78 is 10.0. The molecular weight excluding hydrogens is 328 g/mol. The van der Waals surface area contributed by atoms with Gasteiger partial charge in [-0.05, 0) is 51.5 Å². The first-order chi connectivity index (χ1) is 11.6. The zero-order valence-electron chi connectivity index (χ0n) is 15.1. The first kappa shape index (κ1) is 22.1. The second kappa shape index (κ2) is 10.1. The summed E-state index contributed by atoms with van der Waals surface area (Å²) in [6, 6.07) is 4.85. The van der Waals surface area contributed by atoms with Gasteiger partial charge in [0.25, 0.3) is 0 Å². The summed E-state index contributed by atoms with van der Waals surface area (Å²) in [5.41, 5.74) is 6.95. The number of carbonyl (C=O) groups is 2. The van der Waals surface area contributed by atoms with E-state index in [0.29, 0.717) is 23.4 Å².